The van der Waals surface area contributed by atoms with Crippen LogP contribution in [0.4, 0.5) is 0 Å². The molecule has 0 aliphatic rings. The number of aliphatic hydroxyl groups excluding tert-OH is 1. The lowest BCUT2D eigenvalue weighted by Crippen LogP contribution is -2.18. The van der Waals surface area contributed by atoms with E-state index in [9.17, 15) is 5.11 Å². The second kappa shape index (κ2) is 8.36. The van der Waals surface area contributed by atoms with Crippen LogP contribution < -0.4 is 4.74 Å². The lowest BCUT2D eigenvalue weighted by molar-refractivity contribution is 0.0253. The van der Waals surface area contributed by atoms with Gasteiger partial charge in [-0.3, -0.25) is 4.98 Å². The van der Waals surface area contributed by atoms with E-state index in [0.717, 1.165) is 5.56 Å². The number of pyridine rings is 1. The number of methoxy groups -OCH3 is 1. The van der Waals surface area contributed by atoms with Crippen molar-refractivity contribution in [2.45, 2.75) is 19.1 Å². The first-order valence-corrected chi connectivity index (χ1v) is 7.87. The van der Waals surface area contributed by atoms with E-state index in [1.54, 1.807) is 25.6 Å². The minimum absolute atomic E-state index is 0.186. The lowest BCUT2D eigenvalue weighted by atomic mass is 10.2. The number of nitrogens with zero attached hydrogens (tertiary/aromatic N) is 3. The Morgan fingerprint density at radius 3 is 2.84 bits per heavy atom. The zero-order valence-electron chi connectivity index (χ0n) is 13.8. The van der Waals surface area contributed by atoms with Crippen LogP contribution in [0.15, 0.2) is 53.3 Å². The third kappa shape index (κ3) is 4.62. The minimum Gasteiger partial charge on any atom is -0.494 e. The molecule has 1 atom stereocenters. The zero-order chi connectivity index (χ0) is 17.5. The second-order valence-corrected chi connectivity index (χ2v) is 5.45. The fraction of sp³-hybridized carbons (Fsp3) is 0.278. The quantitative estimate of drug-likeness (QED) is 0.672. The van der Waals surface area contributed by atoms with E-state index in [-0.39, 0.29) is 13.0 Å². The van der Waals surface area contributed by atoms with Gasteiger partial charge in [-0.2, -0.15) is 4.98 Å². The van der Waals surface area contributed by atoms with Gasteiger partial charge in [0.25, 0.3) is 0 Å². The molecule has 3 aromatic rings. The number of aromatic nitrogens is 3. The summed E-state index contributed by atoms with van der Waals surface area (Å²) in [4.78, 5) is 8.28. The van der Waals surface area contributed by atoms with Crippen molar-refractivity contribution >= 4 is 0 Å². The first-order valence-electron chi connectivity index (χ1n) is 7.87. The van der Waals surface area contributed by atoms with Crippen LogP contribution in [0.2, 0.25) is 0 Å². The van der Waals surface area contributed by atoms with Crippen LogP contribution >= 0.6 is 0 Å². The molecular weight excluding hydrogens is 322 g/mol. The van der Waals surface area contributed by atoms with Gasteiger partial charge in [-0.25, -0.2) is 0 Å². The van der Waals surface area contributed by atoms with Crippen molar-refractivity contribution in [3.05, 3.63) is 60.2 Å². The highest BCUT2D eigenvalue weighted by molar-refractivity contribution is 5.62. The molecule has 7 heteroatoms. The standard InChI is InChI=1S/C18H19N3O4/c1-23-16-10-19-8-7-15(16)18-20-17(25-21-18)9-14(22)12-24-11-13-5-3-2-4-6-13/h2-8,10,14,22H,9,11-12H2,1H3. The monoisotopic (exact) mass is 341 g/mol. The van der Waals surface area contributed by atoms with Gasteiger partial charge in [0.1, 0.15) is 5.75 Å². The fourth-order valence-corrected chi connectivity index (χ4v) is 2.32. The van der Waals surface area contributed by atoms with Crippen molar-refractivity contribution in [2.75, 3.05) is 13.7 Å². The van der Waals surface area contributed by atoms with Crippen LogP contribution in [0.5, 0.6) is 5.75 Å². The summed E-state index contributed by atoms with van der Waals surface area (Å²) in [7, 11) is 1.55. The number of hydrogen-bond acceptors (Lipinski definition) is 7. The first-order chi connectivity index (χ1) is 12.3. The third-order valence-electron chi connectivity index (χ3n) is 3.55. The average molecular weight is 341 g/mol. The van der Waals surface area contributed by atoms with E-state index in [0.29, 0.717) is 29.6 Å². The number of aliphatic hydroxyl groups is 1. The van der Waals surface area contributed by atoms with Crippen LogP contribution in [0, 0.1) is 0 Å². The van der Waals surface area contributed by atoms with Crippen molar-refractivity contribution in [3.63, 3.8) is 0 Å². The van der Waals surface area contributed by atoms with Crippen molar-refractivity contribution < 1.29 is 19.1 Å². The van der Waals surface area contributed by atoms with Gasteiger partial charge in [0.15, 0.2) is 0 Å². The largest absolute Gasteiger partial charge is 0.494 e. The Morgan fingerprint density at radius 1 is 1.20 bits per heavy atom. The molecule has 0 saturated heterocycles. The van der Waals surface area contributed by atoms with E-state index < -0.39 is 6.10 Å². The van der Waals surface area contributed by atoms with Crippen molar-refractivity contribution in [3.8, 4) is 17.1 Å². The van der Waals surface area contributed by atoms with Crippen LogP contribution in [0.25, 0.3) is 11.4 Å². The molecule has 2 aromatic heterocycles. The summed E-state index contributed by atoms with van der Waals surface area (Å²) >= 11 is 0. The van der Waals surface area contributed by atoms with Crippen LogP contribution in [0.3, 0.4) is 0 Å². The number of hydrogen-bond donors (Lipinski definition) is 1. The van der Waals surface area contributed by atoms with E-state index in [2.05, 4.69) is 15.1 Å². The van der Waals surface area contributed by atoms with E-state index in [1.807, 2.05) is 30.3 Å². The van der Waals surface area contributed by atoms with Crippen molar-refractivity contribution in [1.82, 2.24) is 15.1 Å². The Bertz CT molecular complexity index is 792. The molecule has 0 bridgehead atoms. The minimum atomic E-state index is -0.726. The molecule has 1 aromatic carbocycles. The van der Waals surface area contributed by atoms with Crippen LogP contribution in [-0.4, -0.2) is 40.1 Å². The van der Waals surface area contributed by atoms with Gasteiger partial charge in [-0.1, -0.05) is 35.5 Å². The maximum Gasteiger partial charge on any atom is 0.229 e. The summed E-state index contributed by atoms with van der Waals surface area (Å²) in [6.07, 6.45) is 2.70. The Hall–Kier alpha value is -2.77. The molecule has 0 saturated carbocycles. The molecule has 2 heterocycles. The number of rotatable bonds is 8. The van der Waals surface area contributed by atoms with E-state index in [4.69, 9.17) is 14.0 Å². The highest BCUT2D eigenvalue weighted by atomic mass is 16.5. The molecule has 0 radical (unpaired) electrons. The summed E-state index contributed by atoms with van der Waals surface area (Å²) in [5, 5.41) is 14.0. The molecule has 0 amide bonds. The zero-order valence-corrected chi connectivity index (χ0v) is 13.8. The molecular formula is C18H19N3O4. The lowest BCUT2D eigenvalue weighted by Gasteiger charge is -2.09. The highest BCUT2D eigenvalue weighted by Crippen LogP contribution is 2.26. The van der Waals surface area contributed by atoms with Crippen molar-refractivity contribution in [2.24, 2.45) is 0 Å². The molecule has 130 valence electrons. The molecule has 0 aliphatic carbocycles. The van der Waals surface area contributed by atoms with Gasteiger partial charge in [-0.05, 0) is 11.6 Å². The average Bonchev–Trinajstić information content (AvgIpc) is 3.10. The van der Waals surface area contributed by atoms with Crippen molar-refractivity contribution in [1.29, 1.82) is 0 Å². The maximum absolute atomic E-state index is 10.1. The third-order valence-corrected chi connectivity index (χ3v) is 3.55. The Labute approximate surface area is 145 Å². The SMILES string of the molecule is COc1cnccc1-c1noc(CC(O)COCc2ccccc2)n1. The fourth-order valence-electron chi connectivity index (χ4n) is 2.32. The van der Waals surface area contributed by atoms with Crippen LogP contribution in [0.1, 0.15) is 11.5 Å². The maximum atomic E-state index is 10.1. The predicted molar refractivity (Wildman–Crippen MR) is 89.9 cm³/mol. The number of benzene rings is 1. The smallest absolute Gasteiger partial charge is 0.229 e. The van der Waals surface area contributed by atoms with Gasteiger partial charge < -0.3 is 19.1 Å². The molecule has 0 spiro atoms. The number of ether oxygens (including phenoxy) is 2. The summed E-state index contributed by atoms with van der Waals surface area (Å²) in [5.74, 6) is 1.29. The molecule has 25 heavy (non-hydrogen) atoms. The molecule has 1 N–H and O–H groups in total. The van der Waals surface area contributed by atoms with E-state index in [1.165, 1.54) is 0 Å². The summed E-state index contributed by atoms with van der Waals surface area (Å²) in [6, 6.07) is 11.5. The van der Waals surface area contributed by atoms with Gasteiger partial charge in [-0.15, -0.1) is 0 Å². The Morgan fingerprint density at radius 2 is 2.04 bits per heavy atom. The summed E-state index contributed by atoms with van der Waals surface area (Å²) in [5.41, 5.74) is 1.74. The second-order valence-electron chi connectivity index (χ2n) is 5.45. The topological polar surface area (TPSA) is 90.5 Å². The Balaban J connectivity index is 1.54. The molecule has 0 fully saturated rings. The summed E-state index contributed by atoms with van der Waals surface area (Å²) in [6.45, 7) is 0.631. The molecule has 7 nitrogen and oxygen atoms in total. The Kier molecular flexibility index (Phi) is 5.71. The van der Waals surface area contributed by atoms with Gasteiger partial charge in [0, 0.05) is 6.20 Å². The van der Waals surface area contributed by atoms with E-state index >= 15 is 0 Å². The van der Waals surface area contributed by atoms with Crippen LogP contribution in [-0.2, 0) is 17.8 Å². The molecule has 0 aliphatic heterocycles. The predicted octanol–water partition coefficient (Wildman–Crippen LogP) is 2.26. The first kappa shape index (κ1) is 17.1. The van der Waals surface area contributed by atoms with Gasteiger partial charge in [0.05, 0.1) is 44.6 Å². The summed E-state index contributed by atoms with van der Waals surface area (Å²) < 4.78 is 15.9. The normalized spacial score (nSPS) is 12.1. The van der Waals surface area contributed by atoms with Gasteiger partial charge in [0.2, 0.25) is 11.7 Å². The van der Waals surface area contributed by atoms with Gasteiger partial charge >= 0.3 is 0 Å². The molecule has 3 rings (SSSR count). The highest BCUT2D eigenvalue weighted by Gasteiger charge is 2.16. The molecule has 1 unspecified atom stereocenters.